The Hall–Kier alpha value is -2.25. The number of likely N-dealkylation sites (tertiary alicyclic amines) is 1. The lowest BCUT2D eigenvalue weighted by atomic mass is 9.64. The fourth-order valence-corrected chi connectivity index (χ4v) is 10.2. The number of hydrogen-bond donors (Lipinski definition) is 2. The van der Waals surface area contributed by atoms with Gasteiger partial charge in [0.05, 0.1) is 42.9 Å². The summed E-state index contributed by atoms with van der Waals surface area (Å²) < 4.78 is 46.9. The number of aryl methyl sites for hydroxylation is 1. The van der Waals surface area contributed by atoms with Gasteiger partial charge in [0, 0.05) is 55.2 Å². The van der Waals surface area contributed by atoms with Crippen LogP contribution in [-0.4, -0.2) is 96.4 Å². The molecule has 2 aromatic carbocycles. The third-order valence-electron chi connectivity index (χ3n) is 13.1. The Morgan fingerprint density at radius 1 is 1.13 bits per heavy atom. The van der Waals surface area contributed by atoms with E-state index in [1.54, 1.807) is 13.2 Å². The smallest absolute Gasteiger partial charge is 0.248 e. The van der Waals surface area contributed by atoms with Crippen molar-refractivity contribution < 1.29 is 32.5 Å². The fourth-order valence-electron chi connectivity index (χ4n) is 9.48. The molecule has 7 atom stereocenters. The van der Waals surface area contributed by atoms with Crippen LogP contribution >= 0.6 is 11.6 Å². The quantitative estimate of drug-likeness (QED) is 0.236. The third-order valence-corrected chi connectivity index (χ3v) is 14.4. The van der Waals surface area contributed by atoms with Gasteiger partial charge in [0.2, 0.25) is 5.91 Å². The molecule has 3 fully saturated rings. The molecule has 3 heterocycles. The number of carbonyl (C=O) groups excluding carboxylic acids is 1. The van der Waals surface area contributed by atoms with Crippen LogP contribution in [0.5, 0.6) is 5.75 Å². The first-order chi connectivity index (χ1) is 25.0. The summed E-state index contributed by atoms with van der Waals surface area (Å²) in [5.74, 6) is 1.46. The molecule has 0 bridgehead atoms. The third kappa shape index (κ3) is 7.93. The molecule has 1 amide bonds. The van der Waals surface area contributed by atoms with Crippen molar-refractivity contribution in [2.75, 3.05) is 58.0 Å². The van der Waals surface area contributed by atoms with Crippen LogP contribution in [0.4, 0.5) is 5.69 Å². The van der Waals surface area contributed by atoms with Gasteiger partial charge >= 0.3 is 0 Å². The SMILES string of the molecule is COC1CN([C@H]2CO[C@@H]([C@H](CCC[C@H](C)[C@@H](C)S(=O)O)[C@@H]3CC[C@H]3CN3C[C@@]4(CCCc5cc(Cl)ccc54)COc4ccc(C(N)=O)cc43)OC2)C1. The van der Waals surface area contributed by atoms with Gasteiger partial charge in [0.15, 0.2) is 17.4 Å². The molecule has 2 saturated heterocycles. The normalized spacial score (nSPS) is 30.1. The molecule has 2 aromatic rings. The second-order valence-corrected chi connectivity index (χ2v) is 17.9. The summed E-state index contributed by atoms with van der Waals surface area (Å²) in [4.78, 5) is 17.3. The molecular formula is C40H56ClN3O7S. The van der Waals surface area contributed by atoms with Crippen molar-refractivity contribution in [1.82, 2.24) is 4.90 Å². The lowest BCUT2D eigenvalue weighted by Gasteiger charge is -2.50. The second kappa shape index (κ2) is 16.2. The molecule has 3 N–H and O–H groups in total. The first-order valence-electron chi connectivity index (χ1n) is 19.3. The van der Waals surface area contributed by atoms with Gasteiger partial charge in [-0.25, -0.2) is 4.21 Å². The van der Waals surface area contributed by atoms with Crippen molar-refractivity contribution >= 4 is 34.3 Å². The zero-order chi connectivity index (χ0) is 36.6. The number of nitrogens with two attached hydrogens (primary N) is 1. The highest BCUT2D eigenvalue weighted by Gasteiger charge is 2.47. The number of nitrogens with zero attached hydrogens (tertiary/aromatic N) is 2. The highest BCUT2D eigenvalue weighted by molar-refractivity contribution is 7.79. The molecule has 1 spiro atoms. The monoisotopic (exact) mass is 757 g/mol. The summed E-state index contributed by atoms with van der Waals surface area (Å²) >= 11 is 4.65. The Balaban J connectivity index is 1.12. The molecule has 0 radical (unpaired) electrons. The van der Waals surface area contributed by atoms with E-state index >= 15 is 0 Å². The van der Waals surface area contributed by atoms with Crippen LogP contribution in [-0.2, 0) is 37.1 Å². The molecule has 1 unspecified atom stereocenters. The van der Waals surface area contributed by atoms with Gasteiger partial charge in [-0.1, -0.05) is 31.0 Å². The van der Waals surface area contributed by atoms with Gasteiger partial charge in [0.25, 0.3) is 0 Å². The van der Waals surface area contributed by atoms with Crippen molar-refractivity contribution in [1.29, 1.82) is 0 Å². The lowest BCUT2D eigenvalue weighted by molar-refractivity contribution is -0.251. The Kier molecular flexibility index (Phi) is 11.9. The first kappa shape index (κ1) is 38.0. The number of amides is 1. The average molecular weight is 758 g/mol. The number of ether oxygens (including phenoxy) is 4. The molecule has 286 valence electrons. The van der Waals surface area contributed by atoms with E-state index in [1.165, 1.54) is 11.1 Å². The molecule has 5 aliphatic rings. The highest BCUT2D eigenvalue weighted by Crippen LogP contribution is 2.49. The summed E-state index contributed by atoms with van der Waals surface area (Å²) in [5.41, 5.74) is 9.60. The van der Waals surface area contributed by atoms with Crippen LogP contribution in [0.25, 0.3) is 0 Å². The Morgan fingerprint density at radius 3 is 2.62 bits per heavy atom. The minimum absolute atomic E-state index is 0.138. The van der Waals surface area contributed by atoms with Gasteiger partial charge in [-0.2, -0.15) is 0 Å². The van der Waals surface area contributed by atoms with Gasteiger partial charge < -0.3 is 34.1 Å². The van der Waals surface area contributed by atoms with Crippen molar-refractivity contribution in [2.24, 2.45) is 29.4 Å². The van der Waals surface area contributed by atoms with E-state index in [1.807, 2.05) is 25.1 Å². The number of methoxy groups -OCH3 is 1. The van der Waals surface area contributed by atoms with E-state index in [9.17, 15) is 13.6 Å². The minimum atomic E-state index is -1.83. The number of halogens is 1. The molecular weight excluding hydrogens is 702 g/mol. The summed E-state index contributed by atoms with van der Waals surface area (Å²) in [6, 6.07) is 12.1. The molecule has 52 heavy (non-hydrogen) atoms. The molecule has 3 aliphatic heterocycles. The van der Waals surface area contributed by atoms with Crippen LogP contribution in [0.15, 0.2) is 36.4 Å². The van der Waals surface area contributed by atoms with Crippen molar-refractivity contribution in [2.45, 2.75) is 94.3 Å². The molecule has 12 heteroatoms. The van der Waals surface area contributed by atoms with Gasteiger partial charge in [-0.15, -0.1) is 0 Å². The van der Waals surface area contributed by atoms with Crippen LogP contribution < -0.4 is 15.4 Å². The second-order valence-electron chi connectivity index (χ2n) is 16.2. The van der Waals surface area contributed by atoms with Crippen LogP contribution in [0, 0.1) is 23.7 Å². The number of anilines is 1. The number of hydrogen-bond acceptors (Lipinski definition) is 8. The summed E-state index contributed by atoms with van der Waals surface area (Å²) in [6.07, 6.45) is 8.01. The largest absolute Gasteiger partial charge is 0.490 e. The van der Waals surface area contributed by atoms with Gasteiger partial charge in [-0.05, 0) is 111 Å². The summed E-state index contributed by atoms with van der Waals surface area (Å²) in [7, 11) is 1.77. The van der Waals surface area contributed by atoms with Crippen molar-refractivity contribution in [3.63, 3.8) is 0 Å². The first-order valence-corrected chi connectivity index (χ1v) is 20.8. The number of fused-ring (bicyclic) bond motifs is 3. The molecule has 7 rings (SSSR count). The topological polar surface area (TPSA) is 124 Å². The van der Waals surface area contributed by atoms with E-state index in [0.29, 0.717) is 37.2 Å². The predicted molar refractivity (Wildman–Crippen MR) is 204 cm³/mol. The minimum Gasteiger partial charge on any atom is -0.490 e. The number of benzene rings is 2. The predicted octanol–water partition coefficient (Wildman–Crippen LogP) is 6.04. The number of primary amides is 1. The molecule has 2 aliphatic carbocycles. The number of rotatable bonds is 13. The zero-order valence-corrected chi connectivity index (χ0v) is 32.4. The Labute approximate surface area is 316 Å². The number of carbonyl (C=O) groups is 1. The van der Waals surface area contributed by atoms with E-state index in [4.69, 9.17) is 36.3 Å². The lowest BCUT2D eigenvalue weighted by Crippen LogP contribution is -2.61. The van der Waals surface area contributed by atoms with Crippen molar-refractivity contribution in [3.05, 3.63) is 58.1 Å². The molecule has 0 aromatic heterocycles. The van der Waals surface area contributed by atoms with E-state index in [-0.39, 0.29) is 40.9 Å². The summed E-state index contributed by atoms with van der Waals surface area (Å²) in [6.45, 7) is 9.19. The maximum Gasteiger partial charge on any atom is 0.248 e. The zero-order valence-electron chi connectivity index (χ0n) is 30.8. The van der Waals surface area contributed by atoms with Gasteiger partial charge in [-0.3, -0.25) is 9.69 Å². The van der Waals surface area contributed by atoms with Crippen LogP contribution in [0.3, 0.4) is 0 Å². The highest BCUT2D eigenvalue weighted by atomic mass is 35.5. The van der Waals surface area contributed by atoms with Crippen LogP contribution in [0.2, 0.25) is 5.02 Å². The van der Waals surface area contributed by atoms with Crippen molar-refractivity contribution in [3.8, 4) is 5.75 Å². The van der Waals surface area contributed by atoms with Gasteiger partial charge in [0.1, 0.15) is 5.75 Å². The maximum absolute atomic E-state index is 12.4. The molecule has 1 saturated carbocycles. The summed E-state index contributed by atoms with van der Waals surface area (Å²) in [5, 5.41) is 0.491. The van der Waals surface area contributed by atoms with E-state index < -0.39 is 17.0 Å². The molecule has 10 nitrogen and oxygen atoms in total. The fraction of sp³-hybridized carbons (Fsp3) is 0.675. The Bertz CT molecular complexity index is 1600. The standard InChI is InChI=1S/C40H56ClN3O7S/c1-25(26(2)52(46)47)6-4-8-34(39-49-21-31(22-50-39)43-19-32(20-43)48-3)33-12-9-29(33)18-44-23-40(15-5-7-27-16-30(41)11-13-35(27)40)24-51-37-14-10-28(38(42)45)17-36(37)44/h10-11,13-14,16-17,25-26,29,31-34,39H,4-9,12,15,18-24H2,1-3H3,(H2,42,45)(H,46,47)/t25-,26+,29-,31-,33+,34+,39+,40-/m0/s1. The van der Waals surface area contributed by atoms with E-state index in [2.05, 4.69) is 28.9 Å². The Morgan fingerprint density at radius 2 is 1.92 bits per heavy atom. The van der Waals surface area contributed by atoms with Crippen LogP contribution in [0.1, 0.15) is 80.3 Å². The van der Waals surface area contributed by atoms with E-state index in [0.717, 1.165) is 94.0 Å². The maximum atomic E-state index is 12.4. The average Bonchev–Trinajstić information content (AvgIpc) is 3.25.